The molecule has 186 valence electrons. The van der Waals surface area contributed by atoms with Gasteiger partial charge in [-0.15, -0.1) is 0 Å². The van der Waals surface area contributed by atoms with Crippen LogP contribution in [0.4, 0.5) is 4.79 Å². The van der Waals surface area contributed by atoms with Crippen LogP contribution in [0.3, 0.4) is 0 Å². The van der Waals surface area contributed by atoms with Gasteiger partial charge in [-0.2, -0.15) is 0 Å². The summed E-state index contributed by atoms with van der Waals surface area (Å²) in [5.41, 5.74) is 3.24. The molecule has 0 aromatic heterocycles. The Morgan fingerprint density at radius 3 is 2.17 bits per heavy atom. The van der Waals surface area contributed by atoms with Crippen molar-refractivity contribution in [1.82, 2.24) is 10.2 Å². The smallest absolute Gasteiger partial charge is 0.407 e. The normalized spacial score (nSPS) is 20.0. The lowest BCUT2D eigenvalue weighted by molar-refractivity contribution is -0.144. The van der Waals surface area contributed by atoms with Crippen LogP contribution in [0, 0.1) is 16.7 Å². The van der Waals surface area contributed by atoms with E-state index in [1.165, 1.54) is 0 Å². The fourth-order valence-electron chi connectivity index (χ4n) is 5.35. The minimum atomic E-state index is -0.889. The maximum atomic E-state index is 13.3. The maximum Gasteiger partial charge on any atom is 0.407 e. The average Bonchev–Trinajstić information content (AvgIpc) is 3.34. The Morgan fingerprint density at radius 2 is 1.66 bits per heavy atom. The highest BCUT2D eigenvalue weighted by Crippen LogP contribution is 2.44. The molecule has 1 heterocycles. The van der Waals surface area contributed by atoms with Crippen LogP contribution in [0.5, 0.6) is 0 Å². The van der Waals surface area contributed by atoms with E-state index in [-0.39, 0.29) is 31.5 Å². The van der Waals surface area contributed by atoms with Gasteiger partial charge in [0.15, 0.2) is 0 Å². The van der Waals surface area contributed by atoms with Crippen LogP contribution in [-0.2, 0) is 14.3 Å². The maximum absolute atomic E-state index is 13.3. The number of aliphatic carboxylic acids is 1. The molecule has 2 amide bonds. The Morgan fingerprint density at radius 1 is 1.09 bits per heavy atom. The first kappa shape index (κ1) is 24.8. The molecule has 0 radical (unpaired) electrons. The number of carboxylic acid groups (broad SMARTS) is 1. The zero-order valence-corrected chi connectivity index (χ0v) is 20.8. The standard InChI is InChI=1S/C28H34N2O5/c1-5-28(4,25(33)30-14-23(24(31)32)27(2,3)17-30)16-29-26(34)35-15-22-20-12-8-6-10-18(20)19-11-7-9-13-21(19)22/h6-13,22-23H,5,14-17H2,1-4H3,(H,29,34)(H,31,32). The van der Waals surface area contributed by atoms with Crippen molar-refractivity contribution in [2.75, 3.05) is 26.2 Å². The summed E-state index contributed by atoms with van der Waals surface area (Å²) < 4.78 is 5.61. The first-order valence-corrected chi connectivity index (χ1v) is 12.2. The number of rotatable bonds is 7. The van der Waals surface area contributed by atoms with Crippen molar-refractivity contribution in [2.24, 2.45) is 16.7 Å². The van der Waals surface area contributed by atoms with Crippen LogP contribution in [0.2, 0.25) is 0 Å². The number of carboxylic acids is 1. The SMILES string of the molecule is CCC(C)(CNC(=O)OCC1c2ccccc2-c2ccccc21)C(=O)N1CC(C(=O)O)C(C)(C)C1. The van der Waals surface area contributed by atoms with Crippen molar-refractivity contribution in [2.45, 2.75) is 40.0 Å². The van der Waals surface area contributed by atoms with E-state index in [9.17, 15) is 19.5 Å². The van der Waals surface area contributed by atoms with Crippen molar-refractivity contribution in [3.63, 3.8) is 0 Å². The number of hydrogen-bond donors (Lipinski definition) is 2. The topological polar surface area (TPSA) is 95.9 Å². The molecule has 2 aromatic rings. The Balaban J connectivity index is 1.37. The molecule has 1 aliphatic carbocycles. The number of fused-ring (bicyclic) bond motifs is 3. The molecule has 7 nitrogen and oxygen atoms in total. The van der Waals surface area contributed by atoms with Gasteiger partial charge in [0, 0.05) is 25.6 Å². The first-order chi connectivity index (χ1) is 16.6. The lowest BCUT2D eigenvalue weighted by atomic mass is 9.82. The van der Waals surface area contributed by atoms with Gasteiger partial charge < -0.3 is 20.1 Å². The molecule has 35 heavy (non-hydrogen) atoms. The van der Waals surface area contributed by atoms with Gasteiger partial charge in [-0.3, -0.25) is 9.59 Å². The highest BCUT2D eigenvalue weighted by Gasteiger charge is 2.48. The van der Waals surface area contributed by atoms with Crippen LogP contribution in [-0.4, -0.2) is 54.2 Å². The molecule has 1 aliphatic heterocycles. The van der Waals surface area contributed by atoms with Gasteiger partial charge in [0.2, 0.25) is 5.91 Å². The second kappa shape index (κ2) is 9.36. The van der Waals surface area contributed by atoms with Gasteiger partial charge in [-0.1, -0.05) is 69.3 Å². The molecule has 2 N–H and O–H groups in total. The summed E-state index contributed by atoms with van der Waals surface area (Å²) in [5, 5.41) is 12.3. The van der Waals surface area contributed by atoms with Crippen LogP contribution in [0.1, 0.15) is 51.2 Å². The molecule has 2 aliphatic rings. The quantitative estimate of drug-likeness (QED) is 0.610. The van der Waals surface area contributed by atoms with Crippen LogP contribution in [0.25, 0.3) is 11.1 Å². The number of likely N-dealkylation sites (tertiary alicyclic amines) is 1. The van der Waals surface area contributed by atoms with E-state index in [4.69, 9.17) is 4.74 Å². The van der Waals surface area contributed by atoms with Gasteiger partial charge >= 0.3 is 12.1 Å². The summed E-state index contributed by atoms with van der Waals surface area (Å²) in [7, 11) is 0. The number of ether oxygens (including phenoxy) is 1. The summed E-state index contributed by atoms with van der Waals surface area (Å²) in [6, 6.07) is 16.3. The third-order valence-electron chi connectivity index (χ3n) is 7.79. The van der Waals surface area contributed by atoms with E-state index in [1.54, 1.807) is 11.8 Å². The molecule has 0 saturated carbocycles. The predicted octanol–water partition coefficient (Wildman–Crippen LogP) is 4.51. The summed E-state index contributed by atoms with van der Waals surface area (Å²) >= 11 is 0. The van der Waals surface area contributed by atoms with Crippen molar-refractivity contribution in [3.8, 4) is 11.1 Å². The number of carbonyl (C=O) groups excluding carboxylic acids is 2. The molecule has 7 heteroatoms. The molecule has 0 spiro atoms. The minimum absolute atomic E-state index is 0.0351. The Labute approximate surface area is 206 Å². The molecule has 2 atom stereocenters. The number of nitrogens with one attached hydrogen (secondary N) is 1. The number of amides is 2. The lowest BCUT2D eigenvalue weighted by Gasteiger charge is -2.32. The minimum Gasteiger partial charge on any atom is -0.481 e. The highest BCUT2D eigenvalue weighted by atomic mass is 16.5. The molecule has 2 unspecified atom stereocenters. The molecule has 2 aromatic carbocycles. The highest BCUT2D eigenvalue weighted by molar-refractivity contribution is 5.85. The second-order valence-electron chi connectivity index (χ2n) is 10.7. The number of benzene rings is 2. The first-order valence-electron chi connectivity index (χ1n) is 12.2. The Hall–Kier alpha value is -3.35. The fourth-order valence-corrected chi connectivity index (χ4v) is 5.35. The summed E-state index contributed by atoms with van der Waals surface area (Å²) in [5.74, 6) is -1.68. The average molecular weight is 479 g/mol. The molecular weight excluding hydrogens is 444 g/mol. The van der Waals surface area contributed by atoms with Gasteiger partial charge in [0.05, 0.1) is 11.3 Å². The van der Waals surface area contributed by atoms with E-state index in [0.29, 0.717) is 13.0 Å². The molecular formula is C28H34N2O5. The fraction of sp³-hybridized carbons (Fsp3) is 0.464. The van der Waals surface area contributed by atoms with Gasteiger partial charge in [0.1, 0.15) is 6.61 Å². The van der Waals surface area contributed by atoms with Crippen LogP contribution in [0.15, 0.2) is 48.5 Å². The number of carbonyl (C=O) groups is 3. The number of hydrogen-bond acceptors (Lipinski definition) is 4. The molecule has 0 bridgehead atoms. The zero-order chi connectivity index (χ0) is 25.4. The van der Waals surface area contributed by atoms with Crippen molar-refractivity contribution in [1.29, 1.82) is 0 Å². The molecule has 4 rings (SSSR count). The zero-order valence-electron chi connectivity index (χ0n) is 20.8. The third-order valence-corrected chi connectivity index (χ3v) is 7.79. The van der Waals surface area contributed by atoms with E-state index in [0.717, 1.165) is 22.3 Å². The van der Waals surface area contributed by atoms with E-state index in [2.05, 4.69) is 29.6 Å². The van der Waals surface area contributed by atoms with E-state index >= 15 is 0 Å². The van der Waals surface area contributed by atoms with E-state index in [1.807, 2.05) is 45.0 Å². The van der Waals surface area contributed by atoms with Crippen molar-refractivity contribution in [3.05, 3.63) is 59.7 Å². The van der Waals surface area contributed by atoms with Crippen molar-refractivity contribution < 1.29 is 24.2 Å². The van der Waals surface area contributed by atoms with Crippen LogP contribution >= 0.6 is 0 Å². The number of nitrogens with zero attached hydrogens (tertiary/aromatic N) is 1. The number of alkyl carbamates (subject to hydrolysis) is 1. The van der Waals surface area contributed by atoms with Gasteiger partial charge in [-0.05, 0) is 41.0 Å². The van der Waals surface area contributed by atoms with Gasteiger partial charge in [-0.25, -0.2) is 4.79 Å². The lowest BCUT2D eigenvalue weighted by Crippen LogP contribution is -2.48. The predicted molar refractivity (Wildman–Crippen MR) is 133 cm³/mol. The summed E-state index contributed by atoms with van der Waals surface area (Å²) in [6.45, 7) is 8.33. The van der Waals surface area contributed by atoms with Gasteiger partial charge in [0.25, 0.3) is 0 Å². The van der Waals surface area contributed by atoms with Crippen LogP contribution < -0.4 is 5.32 Å². The summed E-state index contributed by atoms with van der Waals surface area (Å²) in [6.07, 6.45) is -0.0612. The van der Waals surface area contributed by atoms with E-state index < -0.39 is 28.8 Å². The third kappa shape index (κ3) is 4.64. The largest absolute Gasteiger partial charge is 0.481 e. The molecule has 1 saturated heterocycles. The summed E-state index contributed by atoms with van der Waals surface area (Å²) in [4.78, 5) is 39.3. The second-order valence-corrected chi connectivity index (χ2v) is 10.7. The Kier molecular flexibility index (Phi) is 6.62. The molecule has 1 fully saturated rings. The monoisotopic (exact) mass is 478 g/mol. The Bertz CT molecular complexity index is 1100. The van der Waals surface area contributed by atoms with Crippen molar-refractivity contribution >= 4 is 18.0 Å².